The number of carbonyl (C=O) groups excluding carboxylic acids is 1. The fourth-order valence-electron chi connectivity index (χ4n) is 3.38. The van der Waals surface area contributed by atoms with Gasteiger partial charge in [-0.15, -0.1) is 4.40 Å². The van der Waals surface area contributed by atoms with E-state index in [2.05, 4.69) is 14.7 Å². The molecule has 2 aliphatic rings. The lowest BCUT2D eigenvalue weighted by Gasteiger charge is -2.26. The summed E-state index contributed by atoms with van der Waals surface area (Å²) in [6.45, 7) is 4.17. The van der Waals surface area contributed by atoms with Crippen LogP contribution in [0.15, 0.2) is 52.6 Å². The van der Waals surface area contributed by atoms with Gasteiger partial charge >= 0.3 is 0 Å². The number of rotatable bonds is 7. The number of aryl methyl sites for hydroxylation is 1. The predicted octanol–water partition coefficient (Wildman–Crippen LogP) is 1.90. The number of nitrogens with zero attached hydrogens (tertiary/aromatic N) is 4. The highest BCUT2D eigenvalue weighted by Gasteiger charge is 2.25. The first kappa shape index (κ1) is 20.3. The van der Waals surface area contributed by atoms with E-state index in [1.165, 1.54) is 6.08 Å². The number of hydrogen-bond donors (Lipinski definition) is 1. The molecule has 0 fully saturated rings. The summed E-state index contributed by atoms with van der Waals surface area (Å²) in [5, 5.41) is 2.89. The van der Waals surface area contributed by atoms with E-state index in [0.717, 1.165) is 17.5 Å². The Balaban J connectivity index is 1.55. The van der Waals surface area contributed by atoms with Gasteiger partial charge in [0.15, 0.2) is 0 Å². The van der Waals surface area contributed by atoms with E-state index in [1.54, 1.807) is 17.2 Å². The molecule has 1 aromatic carbocycles. The number of carbonyl (C=O) groups is 1. The van der Waals surface area contributed by atoms with Crippen LogP contribution in [0.4, 0.5) is 5.95 Å². The molecule has 1 amide bonds. The summed E-state index contributed by atoms with van der Waals surface area (Å²) in [5.74, 6) is 0.388. The number of imidazole rings is 1. The van der Waals surface area contributed by atoms with E-state index in [1.807, 2.05) is 35.8 Å². The van der Waals surface area contributed by atoms with Crippen LogP contribution in [0.25, 0.3) is 11.0 Å². The van der Waals surface area contributed by atoms with Gasteiger partial charge in [-0.25, -0.2) is 13.4 Å². The first-order chi connectivity index (χ1) is 14.5. The van der Waals surface area contributed by atoms with Crippen molar-refractivity contribution in [1.82, 2.24) is 14.5 Å². The van der Waals surface area contributed by atoms with Crippen molar-refractivity contribution < 1.29 is 17.9 Å². The largest absolute Gasteiger partial charge is 0.382 e. The number of fused-ring (bicyclic) bond motifs is 2. The highest BCUT2D eigenvalue weighted by molar-refractivity contribution is 7.90. The smallest absolute Gasteiger partial charge is 0.259 e. The lowest BCUT2D eigenvalue weighted by Crippen LogP contribution is -2.37. The van der Waals surface area contributed by atoms with E-state index in [9.17, 15) is 13.2 Å². The number of ether oxygens (including phenoxy) is 1. The van der Waals surface area contributed by atoms with Crippen molar-refractivity contribution in [2.45, 2.75) is 19.9 Å². The Morgan fingerprint density at radius 2 is 2.10 bits per heavy atom. The van der Waals surface area contributed by atoms with Crippen molar-refractivity contribution >= 4 is 38.7 Å². The zero-order chi connectivity index (χ0) is 21.1. The maximum absolute atomic E-state index is 12.9. The summed E-state index contributed by atoms with van der Waals surface area (Å²) in [5.41, 5.74) is 2.14. The highest BCUT2D eigenvalue weighted by atomic mass is 32.2. The quantitative estimate of drug-likeness (QED) is 0.674. The first-order valence-corrected chi connectivity index (χ1v) is 11.4. The summed E-state index contributed by atoms with van der Waals surface area (Å²) in [6.07, 6.45) is 5.51. The zero-order valence-electron chi connectivity index (χ0n) is 16.6. The van der Waals surface area contributed by atoms with Gasteiger partial charge in [0.05, 0.1) is 22.4 Å². The van der Waals surface area contributed by atoms with Crippen LogP contribution in [-0.4, -0.2) is 60.1 Å². The average Bonchev–Trinajstić information content (AvgIpc) is 3.07. The number of sulfonamides is 1. The lowest BCUT2D eigenvalue weighted by atomic mass is 10.2. The molecule has 2 aliphatic heterocycles. The van der Waals surface area contributed by atoms with Crippen molar-refractivity contribution in [3.05, 3.63) is 48.2 Å². The Kier molecular flexibility index (Phi) is 5.69. The van der Waals surface area contributed by atoms with Gasteiger partial charge in [-0.3, -0.25) is 10.1 Å². The standard InChI is InChI=1S/C20H23N5O4S/c1-2-29-12-5-10-25-17-7-4-3-6-16(17)21-20(25)22-19(26)15-8-9-18-23-30(27,28)13-11-24(18)14-15/h3-4,6-9,14H,2,5,10-13H2,1H3,(H,21,22,26). The summed E-state index contributed by atoms with van der Waals surface area (Å²) in [4.78, 5) is 19.1. The fourth-order valence-corrected chi connectivity index (χ4v) is 4.34. The van der Waals surface area contributed by atoms with Gasteiger partial charge in [-0.2, -0.15) is 0 Å². The average molecular weight is 430 g/mol. The van der Waals surface area contributed by atoms with Crippen molar-refractivity contribution in [1.29, 1.82) is 0 Å². The second-order valence-electron chi connectivity index (χ2n) is 6.93. The molecule has 0 spiro atoms. The molecule has 9 nitrogen and oxygen atoms in total. The minimum Gasteiger partial charge on any atom is -0.382 e. The molecule has 10 heteroatoms. The lowest BCUT2D eigenvalue weighted by molar-refractivity contribution is -0.112. The summed E-state index contributed by atoms with van der Waals surface area (Å²) >= 11 is 0. The molecule has 0 atom stereocenters. The Morgan fingerprint density at radius 1 is 1.27 bits per heavy atom. The van der Waals surface area contributed by atoms with E-state index >= 15 is 0 Å². The summed E-state index contributed by atoms with van der Waals surface area (Å²) < 4.78 is 34.4. The van der Waals surface area contributed by atoms with E-state index in [-0.39, 0.29) is 18.2 Å². The zero-order valence-corrected chi connectivity index (χ0v) is 17.4. The number of anilines is 1. The molecular weight excluding hydrogens is 406 g/mol. The van der Waals surface area contributed by atoms with Crippen LogP contribution >= 0.6 is 0 Å². The molecule has 0 saturated carbocycles. The monoisotopic (exact) mass is 429 g/mol. The number of aromatic nitrogens is 2. The highest BCUT2D eigenvalue weighted by Crippen LogP contribution is 2.22. The Bertz CT molecular complexity index is 1160. The molecule has 4 rings (SSSR count). The van der Waals surface area contributed by atoms with Crippen molar-refractivity contribution in [2.24, 2.45) is 4.40 Å². The molecule has 30 heavy (non-hydrogen) atoms. The molecule has 0 aliphatic carbocycles. The van der Waals surface area contributed by atoms with Crippen LogP contribution in [0.2, 0.25) is 0 Å². The number of nitrogens with one attached hydrogen (secondary N) is 1. The molecule has 1 N–H and O–H groups in total. The summed E-state index contributed by atoms with van der Waals surface area (Å²) in [6, 6.07) is 7.71. The molecule has 0 bridgehead atoms. The molecule has 158 valence electrons. The third-order valence-corrected chi connectivity index (χ3v) is 6.00. The minimum atomic E-state index is -3.43. The molecule has 0 radical (unpaired) electrons. The SMILES string of the molecule is CCOCCCn1c(NC(=O)C2=CN3CCS(=O)(=O)N=C3C=C2)nc2ccccc21. The second-order valence-corrected chi connectivity index (χ2v) is 8.68. The predicted molar refractivity (Wildman–Crippen MR) is 115 cm³/mol. The Hall–Kier alpha value is -2.98. The third kappa shape index (κ3) is 4.29. The van der Waals surface area contributed by atoms with Gasteiger partial charge in [-0.05, 0) is 37.6 Å². The molecule has 0 unspecified atom stereocenters. The van der Waals surface area contributed by atoms with Crippen LogP contribution in [0.3, 0.4) is 0 Å². The maximum atomic E-state index is 12.9. The maximum Gasteiger partial charge on any atom is 0.259 e. The van der Waals surface area contributed by atoms with Gasteiger partial charge < -0.3 is 14.2 Å². The minimum absolute atomic E-state index is 0.0780. The Labute approximate surface area is 174 Å². The van der Waals surface area contributed by atoms with Crippen molar-refractivity contribution in [3.63, 3.8) is 0 Å². The van der Waals surface area contributed by atoms with Crippen LogP contribution in [-0.2, 0) is 26.1 Å². The first-order valence-electron chi connectivity index (χ1n) is 9.80. The van der Waals surface area contributed by atoms with E-state index in [4.69, 9.17) is 4.74 Å². The van der Waals surface area contributed by atoms with Crippen molar-refractivity contribution in [2.75, 3.05) is 30.8 Å². The van der Waals surface area contributed by atoms with Gasteiger partial charge in [0, 0.05) is 32.5 Å². The number of para-hydroxylation sites is 2. The second kappa shape index (κ2) is 8.41. The number of benzene rings is 1. The fraction of sp³-hybridized carbons (Fsp3) is 0.350. The third-order valence-electron chi connectivity index (χ3n) is 4.84. The van der Waals surface area contributed by atoms with Gasteiger partial charge in [0.1, 0.15) is 5.84 Å². The molecule has 1 aromatic heterocycles. The number of amidine groups is 1. The van der Waals surface area contributed by atoms with E-state index < -0.39 is 10.0 Å². The Morgan fingerprint density at radius 3 is 2.93 bits per heavy atom. The topological polar surface area (TPSA) is 106 Å². The van der Waals surface area contributed by atoms with Crippen LogP contribution < -0.4 is 5.32 Å². The number of amides is 1. The molecule has 0 saturated heterocycles. The van der Waals surface area contributed by atoms with E-state index in [0.29, 0.717) is 37.1 Å². The molecular formula is C20H23N5O4S. The van der Waals surface area contributed by atoms with Gasteiger partial charge in [0.2, 0.25) is 5.95 Å². The van der Waals surface area contributed by atoms with Crippen molar-refractivity contribution in [3.8, 4) is 0 Å². The van der Waals surface area contributed by atoms with Gasteiger partial charge in [0.25, 0.3) is 15.9 Å². The molecule has 3 heterocycles. The van der Waals surface area contributed by atoms with Crippen LogP contribution in [0.5, 0.6) is 0 Å². The van der Waals surface area contributed by atoms with Crippen LogP contribution in [0.1, 0.15) is 13.3 Å². The van der Waals surface area contributed by atoms with Crippen LogP contribution in [0, 0.1) is 0 Å². The molecule has 2 aromatic rings. The normalized spacial score (nSPS) is 17.4. The van der Waals surface area contributed by atoms with Gasteiger partial charge in [-0.1, -0.05) is 12.1 Å². The number of hydrogen-bond acceptors (Lipinski definition) is 6. The summed E-state index contributed by atoms with van der Waals surface area (Å²) in [7, 11) is -3.43.